The largest absolute Gasteiger partial charge is 0.378 e. The van der Waals surface area contributed by atoms with Crippen LogP contribution in [-0.4, -0.2) is 49.3 Å². The summed E-state index contributed by atoms with van der Waals surface area (Å²) in [5.41, 5.74) is 0. The number of hydrogen-bond donors (Lipinski definition) is 1. The van der Waals surface area contributed by atoms with E-state index in [4.69, 9.17) is 4.74 Å². The molecule has 3 nitrogen and oxygen atoms in total. The number of nitrogens with zero attached hydrogens (tertiary/aromatic N) is 1. The van der Waals surface area contributed by atoms with Gasteiger partial charge in [-0.1, -0.05) is 20.3 Å². The van der Waals surface area contributed by atoms with E-state index in [1.165, 1.54) is 51.7 Å². The molecule has 2 saturated heterocycles. The highest BCUT2D eigenvalue weighted by Crippen LogP contribution is 2.22. The smallest absolute Gasteiger partial charge is 0.0587 e. The fraction of sp³-hybridized carbons (Fsp3) is 1.00. The van der Waals surface area contributed by atoms with Crippen molar-refractivity contribution in [1.29, 1.82) is 0 Å². The predicted molar refractivity (Wildman–Crippen MR) is 75.9 cm³/mol. The lowest BCUT2D eigenvalue weighted by atomic mass is 9.98. The van der Waals surface area contributed by atoms with Crippen LogP contribution in [0.1, 0.15) is 52.4 Å². The third kappa shape index (κ3) is 3.94. The molecule has 2 aliphatic heterocycles. The lowest BCUT2D eigenvalue weighted by molar-refractivity contribution is -0.0293. The van der Waals surface area contributed by atoms with E-state index < -0.39 is 0 Å². The van der Waals surface area contributed by atoms with Gasteiger partial charge in [-0.2, -0.15) is 0 Å². The van der Waals surface area contributed by atoms with Crippen LogP contribution in [0.4, 0.5) is 0 Å². The van der Waals surface area contributed by atoms with Crippen molar-refractivity contribution in [3.8, 4) is 0 Å². The summed E-state index contributed by atoms with van der Waals surface area (Å²) in [6.45, 7) is 9.13. The van der Waals surface area contributed by atoms with Gasteiger partial charge in [0.1, 0.15) is 0 Å². The number of likely N-dealkylation sites (N-methyl/N-ethyl adjacent to an activating group) is 1. The van der Waals surface area contributed by atoms with E-state index in [0.717, 1.165) is 25.1 Å². The van der Waals surface area contributed by atoms with Gasteiger partial charge in [-0.25, -0.2) is 0 Å². The molecule has 0 radical (unpaired) electrons. The minimum absolute atomic E-state index is 0.497. The van der Waals surface area contributed by atoms with E-state index in [-0.39, 0.29) is 0 Å². The first kappa shape index (κ1) is 14.3. The van der Waals surface area contributed by atoms with E-state index in [2.05, 4.69) is 24.1 Å². The van der Waals surface area contributed by atoms with Gasteiger partial charge in [0.05, 0.1) is 6.10 Å². The van der Waals surface area contributed by atoms with Gasteiger partial charge in [-0.05, 0) is 45.2 Å². The van der Waals surface area contributed by atoms with E-state index >= 15 is 0 Å². The molecule has 18 heavy (non-hydrogen) atoms. The number of nitrogens with one attached hydrogen (secondary N) is 1. The molecule has 0 spiro atoms. The Labute approximate surface area is 112 Å². The van der Waals surface area contributed by atoms with Crippen molar-refractivity contribution in [3.63, 3.8) is 0 Å². The van der Waals surface area contributed by atoms with Crippen LogP contribution < -0.4 is 5.32 Å². The average Bonchev–Trinajstić information content (AvgIpc) is 2.46. The fourth-order valence-electron chi connectivity index (χ4n) is 3.38. The van der Waals surface area contributed by atoms with Crippen LogP contribution in [0.5, 0.6) is 0 Å². The zero-order valence-corrected chi connectivity index (χ0v) is 12.2. The van der Waals surface area contributed by atoms with E-state index in [1.807, 2.05) is 0 Å². The Kier molecular flexibility index (Phi) is 5.93. The molecule has 106 valence electrons. The average molecular weight is 254 g/mol. The second-order valence-corrected chi connectivity index (χ2v) is 5.81. The SMILES string of the molecule is CCC1CC(N(CC)CC2CCCCN2)CCO1. The first-order chi connectivity index (χ1) is 8.83. The third-order valence-corrected chi connectivity index (χ3v) is 4.58. The summed E-state index contributed by atoms with van der Waals surface area (Å²) < 4.78 is 5.80. The lowest BCUT2D eigenvalue weighted by Gasteiger charge is -2.39. The summed E-state index contributed by atoms with van der Waals surface area (Å²) >= 11 is 0. The molecule has 0 aliphatic carbocycles. The van der Waals surface area contributed by atoms with Crippen molar-refractivity contribution >= 4 is 0 Å². The van der Waals surface area contributed by atoms with Crippen molar-refractivity contribution in [2.45, 2.75) is 70.6 Å². The third-order valence-electron chi connectivity index (χ3n) is 4.58. The van der Waals surface area contributed by atoms with Crippen LogP contribution in [0, 0.1) is 0 Å². The summed E-state index contributed by atoms with van der Waals surface area (Å²) in [6.07, 6.45) is 8.23. The second-order valence-electron chi connectivity index (χ2n) is 5.81. The standard InChI is InChI=1S/C15H30N2O/c1-3-15-11-14(8-10-18-15)17(4-2)12-13-7-5-6-9-16-13/h13-16H,3-12H2,1-2H3. The Hall–Kier alpha value is -0.120. The maximum absolute atomic E-state index is 5.80. The topological polar surface area (TPSA) is 24.5 Å². The van der Waals surface area contributed by atoms with Crippen LogP contribution >= 0.6 is 0 Å². The van der Waals surface area contributed by atoms with Gasteiger partial charge in [0.2, 0.25) is 0 Å². The van der Waals surface area contributed by atoms with Crippen LogP contribution in [0.2, 0.25) is 0 Å². The molecule has 2 aliphatic rings. The maximum Gasteiger partial charge on any atom is 0.0587 e. The maximum atomic E-state index is 5.80. The van der Waals surface area contributed by atoms with Crippen molar-refractivity contribution in [2.24, 2.45) is 0 Å². The van der Waals surface area contributed by atoms with E-state index in [9.17, 15) is 0 Å². The molecule has 0 amide bonds. The molecular weight excluding hydrogens is 224 g/mol. The Morgan fingerprint density at radius 2 is 2.11 bits per heavy atom. The van der Waals surface area contributed by atoms with E-state index in [0.29, 0.717) is 6.10 Å². The normalized spacial score (nSPS) is 33.8. The highest BCUT2D eigenvalue weighted by Gasteiger charge is 2.27. The molecule has 0 aromatic carbocycles. The minimum atomic E-state index is 0.497. The second kappa shape index (κ2) is 7.46. The van der Waals surface area contributed by atoms with Gasteiger partial charge in [0, 0.05) is 25.2 Å². The minimum Gasteiger partial charge on any atom is -0.378 e. The van der Waals surface area contributed by atoms with Gasteiger partial charge in [0.15, 0.2) is 0 Å². The zero-order valence-electron chi connectivity index (χ0n) is 12.2. The number of rotatable bonds is 5. The Bertz CT molecular complexity index is 229. The molecule has 3 atom stereocenters. The molecule has 0 saturated carbocycles. The molecular formula is C15H30N2O. The van der Waals surface area contributed by atoms with Gasteiger partial charge < -0.3 is 10.1 Å². The highest BCUT2D eigenvalue weighted by atomic mass is 16.5. The van der Waals surface area contributed by atoms with Crippen molar-refractivity contribution in [2.75, 3.05) is 26.2 Å². The molecule has 0 aromatic heterocycles. The quantitative estimate of drug-likeness (QED) is 0.815. The molecule has 0 bridgehead atoms. The summed E-state index contributed by atoms with van der Waals surface area (Å²) in [7, 11) is 0. The molecule has 2 rings (SSSR count). The molecule has 3 unspecified atom stereocenters. The van der Waals surface area contributed by atoms with Crippen LogP contribution in [0.25, 0.3) is 0 Å². The van der Waals surface area contributed by atoms with Crippen molar-refractivity contribution in [1.82, 2.24) is 10.2 Å². The van der Waals surface area contributed by atoms with Crippen molar-refractivity contribution < 1.29 is 4.74 Å². The van der Waals surface area contributed by atoms with Crippen molar-refractivity contribution in [3.05, 3.63) is 0 Å². The fourth-order valence-corrected chi connectivity index (χ4v) is 3.38. The zero-order chi connectivity index (χ0) is 12.8. The summed E-state index contributed by atoms with van der Waals surface area (Å²) in [5, 5.41) is 3.68. The Morgan fingerprint density at radius 3 is 2.78 bits per heavy atom. The number of ether oxygens (including phenoxy) is 1. The first-order valence-corrected chi connectivity index (χ1v) is 7.92. The van der Waals surface area contributed by atoms with Gasteiger partial charge >= 0.3 is 0 Å². The van der Waals surface area contributed by atoms with Gasteiger partial charge in [0.25, 0.3) is 0 Å². The first-order valence-electron chi connectivity index (χ1n) is 7.92. The van der Waals surface area contributed by atoms with Crippen LogP contribution in [0.3, 0.4) is 0 Å². The Balaban J connectivity index is 1.82. The molecule has 3 heteroatoms. The lowest BCUT2D eigenvalue weighted by Crippen LogP contribution is -2.49. The Morgan fingerprint density at radius 1 is 1.22 bits per heavy atom. The predicted octanol–water partition coefficient (Wildman–Crippen LogP) is 2.41. The van der Waals surface area contributed by atoms with Crippen LogP contribution in [0.15, 0.2) is 0 Å². The molecule has 0 aromatic rings. The highest BCUT2D eigenvalue weighted by molar-refractivity contribution is 4.83. The molecule has 2 heterocycles. The summed E-state index contributed by atoms with van der Waals surface area (Å²) in [6, 6.07) is 1.47. The van der Waals surface area contributed by atoms with Crippen LogP contribution in [-0.2, 0) is 4.74 Å². The molecule has 1 N–H and O–H groups in total. The monoisotopic (exact) mass is 254 g/mol. The van der Waals surface area contributed by atoms with Gasteiger partial charge in [-0.3, -0.25) is 4.90 Å². The molecule has 2 fully saturated rings. The summed E-state index contributed by atoms with van der Waals surface area (Å²) in [4.78, 5) is 2.69. The van der Waals surface area contributed by atoms with Gasteiger partial charge in [-0.15, -0.1) is 0 Å². The number of hydrogen-bond acceptors (Lipinski definition) is 3. The summed E-state index contributed by atoms with van der Waals surface area (Å²) in [5.74, 6) is 0. The van der Waals surface area contributed by atoms with E-state index in [1.54, 1.807) is 0 Å². The number of piperidine rings is 1.